The van der Waals surface area contributed by atoms with Crippen LogP contribution in [0.4, 0.5) is 17.3 Å². The molecule has 1 aromatic heterocycles. The number of rotatable bonds is 6. The van der Waals surface area contributed by atoms with Crippen molar-refractivity contribution in [2.45, 2.75) is 26.7 Å². The average Bonchev–Trinajstić information content (AvgIpc) is 2.48. The van der Waals surface area contributed by atoms with E-state index in [0.29, 0.717) is 11.4 Å². The normalized spacial score (nSPS) is 9.95. The van der Waals surface area contributed by atoms with Crippen LogP contribution < -0.4 is 10.6 Å². The molecule has 1 aromatic carbocycles. The Bertz CT molecular complexity index is 621. The fraction of sp³-hybridized carbons (Fsp3) is 0.312. The van der Waals surface area contributed by atoms with Crippen LogP contribution in [0.3, 0.4) is 0 Å². The lowest BCUT2D eigenvalue weighted by Gasteiger charge is -2.11. The molecule has 0 radical (unpaired) electrons. The van der Waals surface area contributed by atoms with Crippen LogP contribution in [0.1, 0.15) is 31.7 Å². The molecule has 0 amide bonds. The van der Waals surface area contributed by atoms with Gasteiger partial charge in [-0.2, -0.15) is 5.26 Å². The van der Waals surface area contributed by atoms with Gasteiger partial charge in [0.05, 0.1) is 11.3 Å². The Morgan fingerprint density at radius 3 is 2.62 bits per heavy atom. The molecule has 0 aliphatic carbocycles. The summed E-state index contributed by atoms with van der Waals surface area (Å²) in [6.07, 6.45) is 1.82. The van der Waals surface area contributed by atoms with Crippen LogP contribution in [0.15, 0.2) is 30.3 Å². The van der Waals surface area contributed by atoms with E-state index in [2.05, 4.69) is 33.6 Å². The van der Waals surface area contributed by atoms with E-state index in [4.69, 9.17) is 5.26 Å². The van der Waals surface area contributed by atoms with Gasteiger partial charge < -0.3 is 10.6 Å². The number of hydrogen-bond acceptors (Lipinski definition) is 5. The predicted octanol–water partition coefficient (Wildman–Crippen LogP) is 3.48. The maximum Gasteiger partial charge on any atom is 0.136 e. The summed E-state index contributed by atoms with van der Waals surface area (Å²) in [5, 5.41) is 15.6. The van der Waals surface area contributed by atoms with Crippen molar-refractivity contribution in [2.24, 2.45) is 0 Å². The first-order valence-corrected chi connectivity index (χ1v) is 7.14. The third-order valence-corrected chi connectivity index (χ3v) is 2.91. The van der Waals surface area contributed by atoms with Crippen LogP contribution in [0, 0.1) is 11.3 Å². The van der Waals surface area contributed by atoms with Gasteiger partial charge in [-0.05, 0) is 25.5 Å². The minimum absolute atomic E-state index is 0.596. The quantitative estimate of drug-likeness (QED) is 0.848. The van der Waals surface area contributed by atoms with Gasteiger partial charge in [0.15, 0.2) is 0 Å². The number of hydrogen-bond donors (Lipinski definition) is 2. The third-order valence-electron chi connectivity index (χ3n) is 2.91. The summed E-state index contributed by atoms with van der Waals surface area (Å²) in [6, 6.07) is 11.4. The van der Waals surface area contributed by atoms with E-state index in [1.807, 2.05) is 31.2 Å². The van der Waals surface area contributed by atoms with Crippen LogP contribution in [0.25, 0.3) is 0 Å². The molecule has 2 rings (SSSR count). The topological polar surface area (TPSA) is 73.6 Å². The first kappa shape index (κ1) is 14.8. The fourth-order valence-corrected chi connectivity index (χ4v) is 2.00. The van der Waals surface area contributed by atoms with Gasteiger partial charge in [-0.3, -0.25) is 0 Å². The summed E-state index contributed by atoms with van der Waals surface area (Å²) < 4.78 is 0. The molecular weight excluding hydrogens is 262 g/mol. The molecule has 2 N–H and O–H groups in total. The van der Waals surface area contributed by atoms with Crippen LogP contribution in [0.5, 0.6) is 0 Å². The Labute approximate surface area is 125 Å². The number of para-hydroxylation sites is 1. The van der Waals surface area contributed by atoms with Gasteiger partial charge in [0.1, 0.15) is 23.5 Å². The van der Waals surface area contributed by atoms with Crippen molar-refractivity contribution < 1.29 is 0 Å². The molecule has 0 unspecified atom stereocenters. The van der Waals surface area contributed by atoms with Crippen molar-refractivity contribution in [1.29, 1.82) is 5.26 Å². The van der Waals surface area contributed by atoms with Crippen LogP contribution in [0.2, 0.25) is 0 Å². The van der Waals surface area contributed by atoms with Crippen molar-refractivity contribution in [1.82, 2.24) is 9.97 Å². The average molecular weight is 281 g/mol. The standard InChI is InChI=1S/C16H19N5/c1-3-7-14-20-15(18-4-2)10-16(21-14)19-13-9-6-5-8-12(13)11-17/h5-6,8-10H,3-4,7H2,1-2H3,(H2,18,19,20,21). The molecule has 0 aliphatic heterocycles. The number of anilines is 3. The lowest BCUT2D eigenvalue weighted by atomic mass is 10.2. The van der Waals surface area contributed by atoms with E-state index in [9.17, 15) is 0 Å². The van der Waals surface area contributed by atoms with Gasteiger partial charge in [0, 0.05) is 19.0 Å². The van der Waals surface area contributed by atoms with Gasteiger partial charge >= 0.3 is 0 Å². The van der Waals surface area contributed by atoms with E-state index in [0.717, 1.165) is 36.7 Å². The highest BCUT2D eigenvalue weighted by molar-refractivity contribution is 5.65. The molecular formula is C16H19N5. The SMILES string of the molecule is CCCc1nc(NCC)cc(Nc2ccccc2C#N)n1. The predicted molar refractivity (Wildman–Crippen MR) is 84.6 cm³/mol. The zero-order valence-electron chi connectivity index (χ0n) is 12.3. The van der Waals surface area contributed by atoms with Gasteiger partial charge in [-0.15, -0.1) is 0 Å². The molecule has 1 heterocycles. The first-order chi connectivity index (χ1) is 10.3. The summed E-state index contributed by atoms with van der Waals surface area (Å²) in [6.45, 7) is 4.93. The van der Waals surface area contributed by atoms with Crippen molar-refractivity contribution >= 4 is 17.3 Å². The van der Waals surface area contributed by atoms with E-state index in [1.165, 1.54) is 0 Å². The summed E-state index contributed by atoms with van der Waals surface area (Å²) in [7, 11) is 0. The fourth-order valence-electron chi connectivity index (χ4n) is 2.00. The number of nitriles is 1. The number of benzene rings is 1. The monoisotopic (exact) mass is 281 g/mol. The van der Waals surface area contributed by atoms with Crippen molar-refractivity contribution in [3.8, 4) is 6.07 Å². The molecule has 0 spiro atoms. The van der Waals surface area contributed by atoms with Gasteiger partial charge in [0.25, 0.3) is 0 Å². The molecule has 0 aliphatic rings. The molecule has 5 nitrogen and oxygen atoms in total. The molecule has 0 bridgehead atoms. The Hall–Kier alpha value is -2.61. The Kier molecular flexibility index (Phi) is 5.10. The summed E-state index contributed by atoms with van der Waals surface area (Å²) in [5.74, 6) is 2.30. The smallest absolute Gasteiger partial charge is 0.136 e. The van der Waals surface area contributed by atoms with E-state index in [1.54, 1.807) is 6.07 Å². The second-order valence-electron chi connectivity index (χ2n) is 4.62. The minimum atomic E-state index is 0.596. The Morgan fingerprint density at radius 1 is 1.14 bits per heavy atom. The highest BCUT2D eigenvalue weighted by atomic mass is 15.1. The number of nitrogens with zero attached hydrogens (tertiary/aromatic N) is 3. The highest BCUT2D eigenvalue weighted by Gasteiger charge is 2.06. The van der Waals surface area contributed by atoms with Crippen LogP contribution >= 0.6 is 0 Å². The van der Waals surface area contributed by atoms with Crippen molar-refractivity contribution in [2.75, 3.05) is 17.2 Å². The summed E-state index contributed by atoms with van der Waals surface area (Å²) >= 11 is 0. The molecule has 5 heteroatoms. The Balaban J connectivity index is 2.32. The third kappa shape index (κ3) is 3.93. The molecule has 0 fully saturated rings. The number of aryl methyl sites for hydroxylation is 1. The molecule has 0 saturated heterocycles. The van der Waals surface area contributed by atoms with Gasteiger partial charge in [-0.25, -0.2) is 9.97 Å². The minimum Gasteiger partial charge on any atom is -0.370 e. The summed E-state index contributed by atoms with van der Waals surface area (Å²) in [5.41, 5.74) is 1.35. The van der Waals surface area contributed by atoms with E-state index >= 15 is 0 Å². The van der Waals surface area contributed by atoms with Crippen LogP contribution in [-0.2, 0) is 6.42 Å². The second-order valence-corrected chi connectivity index (χ2v) is 4.62. The first-order valence-electron chi connectivity index (χ1n) is 7.14. The van der Waals surface area contributed by atoms with E-state index in [-0.39, 0.29) is 0 Å². The van der Waals surface area contributed by atoms with Crippen molar-refractivity contribution in [3.05, 3.63) is 41.7 Å². The van der Waals surface area contributed by atoms with Gasteiger partial charge in [0.2, 0.25) is 0 Å². The zero-order valence-corrected chi connectivity index (χ0v) is 12.3. The molecule has 0 atom stereocenters. The molecule has 21 heavy (non-hydrogen) atoms. The largest absolute Gasteiger partial charge is 0.370 e. The van der Waals surface area contributed by atoms with Gasteiger partial charge in [-0.1, -0.05) is 19.1 Å². The molecule has 2 aromatic rings. The number of aromatic nitrogens is 2. The Morgan fingerprint density at radius 2 is 1.90 bits per heavy atom. The molecule has 0 saturated carbocycles. The maximum atomic E-state index is 9.14. The highest BCUT2D eigenvalue weighted by Crippen LogP contribution is 2.21. The zero-order chi connectivity index (χ0) is 15.1. The maximum absolute atomic E-state index is 9.14. The number of nitrogens with one attached hydrogen (secondary N) is 2. The second kappa shape index (κ2) is 7.25. The summed E-state index contributed by atoms with van der Waals surface area (Å²) in [4.78, 5) is 8.97. The van der Waals surface area contributed by atoms with E-state index < -0.39 is 0 Å². The molecule has 108 valence electrons. The lowest BCUT2D eigenvalue weighted by molar-refractivity contribution is 0.836. The van der Waals surface area contributed by atoms with Crippen molar-refractivity contribution in [3.63, 3.8) is 0 Å². The lowest BCUT2D eigenvalue weighted by Crippen LogP contribution is -2.06. The van der Waals surface area contributed by atoms with Crippen LogP contribution in [-0.4, -0.2) is 16.5 Å².